The Balaban J connectivity index is 1.35. The molecule has 0 radical (unpaired) electrons. The lowest BCUT2D eigenvalue weighted by molar-refractivity contribution is -0.139. The van der Waals surface area contributed by atoms with Gasteiger partial charge in [0, 0.05) is 48.0 Å². The minimum atomic E-state index is -0.592. The van der Waals surface area contributed by atoms with E-state index in [9.17, 15) is 9.18 Å². The van der Waals surface area contributed by atoms with Gasteiger partial charge in [-0.2, -0.15) is 0 Å². The van der Waals surface area contributed by atoms with E-state index in [0.29, 0.717) is 24.8 Å². The quantitative estimate of drug-likeness (QED) is 0.761. The fourth-order valence-electron chi connectivity index (χ4n) is 3.65. The van der Waals surface area contributed by atoms with Crippen LogP contribution in [0.5, 0.6) is 5.75 Å². The SMILES string of the molecule is CC(Oc1ccc(F)cc1)C(=O)N1CCC(c2cc3cnccc3[nH]2)CC1. The van der Waals surface area contributed by atoms with E-state index in [-0.39, 0.29) is 11.7 Å². The van der Waals surface area contributed by atoms with E-state index < -0.39 is 6.10 Å². The van der Waals surface area contributed by atoms with Gasteiger partial charge in [0.2, 0.25) is 0 Å². The normalized spacial score (nSPS) is 16.4. The van der Waals surface area contributed by atoms with Crippen LogP contribution in [0.25, 0.3) is 10.9 Å². The molecule has 1 atom stereocenters. The third-order valence-corrected chi connectivity index (χ3v) is 5.16. The van der Waals surface area contributed by atoms with Gasteiger partial charge < -0.3 is 14.6 Å². The first-order chi connectivity index (χ1) is 13.1. The maximum atomic E-state index is 13.0. The van der Waals surface area contributed by atoms with Crippen LogP contribution >= 0.6 is 0 Å². The van der Waals surface area contributed by atoms with Gasteiger partial charge in [0.1, 0.15) is 11.6 Å². The number of carbonyl (C=O) groups is 1. The minimum absolute atomic E-state index is 0.0291. The molecule has 4 rings (SSSR count). The molecule has 1 unspecified atom stereocenters. The largest absolute Gasteiger partial charge is 0.481 e. The van der Waals surface area contributed by atoms with Crippen molar-refractivity contribution in [1.82, 2.24) is 14.9 Å². The number of nitrogens with one attached hydrogen (secondary N) is 1. The van der Waals surface area contributed by atoms with E-state index in [2.05, 4.69) is 16.0 Å². The number of aromatic nitrogens is 2. The van der Waals surface area contributed by atoms with Gasteiger partial charge in [-0.25, -0.2) is 4.39 Å². The molecule has 27 heavy (non-hydrogen) atoms. The Morgan fingerprint density at radius 3 is 2.70 bits per heavy atom. The second-order valence-electron chi connectivity index (χ2n) is 7.00. The number of nitrogens with zero attached hydrogens (tertiary/aromatic N) is 2. The molecule has 1 aliphatic heterocycles. The number of hydrogen-bond donors (Lipinski definition) is 1. The number of rotatable bonds is 4. The Morgan fingerprint density at radius 2 is 2.00 bits per heavy atom. The highest BCUT2D eigenvalue weighted by Gasteiger charge is 2.28. The summed E-state index contributed by atoms with van der Waals surface area (Å²) in [6.45, 7) is 3.14. The molecule has 6 heteroatoms. The van der Waals surface area contributed by atoms with Gasteiger partial charge in [-0.05, 0) is 56.2 Å². The van der Waals surface area contributed by atoms with Crippen molar-refractivity contribution in [2.24, 2.45) is 0 Å². The molecule has 0 spiro atoms. The number of carbonyl (C=O) groups excluding carboxylic acids is 1. The second kappa shape index (κ2) is 7.39. The van der Waals surface area contributed by atoms with Gasteiger partial charge in [0.15, 0.2) is 6.10 Å². The zero-order valence-electron chi connectivity index (χ0n) is 15.2. The molecular weight excluding hydrogens is 345 g/mol. The van der Waals surface area contributed by atoms with E-state index in [4.69, 9.17) is 4.74 Å². The highest BCUT2D eigenvalue weighted by molar-refractivity contribution is 5.81. The number of likely N-dealkylation sites (tertiary alicyclic amines) is 1. The van der Waals surface area contributed by atoms with E-state index in [1.807, 2.05) is 17.2 Å². The van der Waals surface area contributed by atoms with E-state index >= 15 is 0 Å². The van der Waals surface area contributed by atoms with Crippen LogP contribution in [0.4, 0.5) is 4.39 Å². The summed E-state index contributed by atoms with van der Waals surface area (Å²) in [7, 11) is 0. The van der Waals surface area contributed by atoms with Gasteiger partial charge >= 0.3 is 0 Å². The standard InChI is InChI=1S/C21H22FN3O2/c1-14(27-18-4-2-17(22)3-5-18)21(26)25-10-7-15(8-11-25)20-12-16-13-23-9-6-19(16)24-20/h2-6,9,12-15,24H,7-8,10-11H2,1H3. The fourth-order valence-corrected chi connectivity index (χ4v) is 3.65. The summed E-state index contributed by atoms with van der Waals surface area (Å²) in [5, 5.41) is 1.12. The van der Waals surface area contributed by atoms with Crippen LogP contribution in [0.15, 0.2) is 48.8 Å². The molecule has 5 nitrogen and oxygen atoms in total. The first-order valence-electron chi connectivity index (χ1n) is 9.24. The Kier molecular flexibility index (Phi) is 4.79. The Morgan fingerprint density at radius 1 is 1.26 bits per heavy atom. The van der Waals surface area contributed by atoms with E-state index in [1.165, 1.54) is 30.0 Å². The Labute approximate surface area is 157 Å². The minimum Gasteiger partial charge on any atom is -0.481 e. The predicted molar refractivity (Wildman–Crippen MR) is 101 cm³/mol. The second-order valence-corrected chi connectivity index (χ2v) is 7.00. The highest BCUT2D eigenvalue weighted by Crippen LogP contribution is 2.30. The van der Waals surface area contributed by atoms with Crippen molar-refractivity contribution in [3.8, 4) is 5.75 Å². The third-order valence-electron chi connectivity index (χ3n) is 5.16. The fraction of sp³-hybridized carbons (Fsp3) is 0.333. The topological polar surface area (TPSA) is 58.2 Å². The van der Waals surface area contributed by atoms with Crippen molar-refractivity contribution in [1.29, 1.82) is 0 Å². The zero-order chi connectivity index (χ0) is 18.8. The van der Waals surface area contributed by atoms with Gasteiger partial charge in [-0.3, -0.25) is 9.78 Å². The van der Waals surface area contributed by atoms with Crippen LogP contribution in [-0.2, 0) is 4.79 Å². The number of benzene rings is 1. The van der Waals surface area contributed by atoms with Gasteiger partial charge in [-0.15, -0.1) is 0 Å². The number of ether oxygens (including phenoxy) is 1. The van der Waals surface area contributed by atoms with Crippen LogP contribution in [-0.4, -0.2) is 40.0 Å². The average molecular weight is 367 g/mol. The van der Waals surface area contributed by atoms with E-state index in [1.54, 1.807) is 13.1 Å². The van der Waals surface area contributed by atoms with Crippen LogP contribution in [0.2, 0.25) is 0 Å². The van der Waals surface area contributed by atoms with Gasteiger partial charge in [0.25, 0.3) is 5.91 Å². The number of hydrogen-bond acceptors (Lipinski definition) is 3. The van der Waals surface area contributed by atoms with Crippen molar-refractivity contribution >= 4 is 16.8 Å². The molecule has 1 aromatic carbocycles. The molecule has 2 aromatic heterocycles. The van der Waals surface area contributed by atoms with Gasteiger partial charge in [0.05, 0.1) is 0 Å². The monoisotopic (exact) mass is 367 g/mol. The smallest absolute Gasteiger partial charge is 0.263 e. The summed E-state index contributed by atoms with van der Waals surface area (Å²) >= 11 is 0. The molecule has 0 aliphatic carbocycles. The Bertz CT molecular complexity index is 897. The lowest BCUT2D eigenvalue weighted by Gasteiger charge is -2.33. The summed E-state index contributed by atoms with van der Waals surface area (Å²) in [5.74, 6) is 0.559. The molecule has 0 saturated carbocycles. The molecule has 1 aliphatic rings. The summed E-state index contributed by atoms with van der Waals surface area (Å²) in [4.78, 5) is 22.1. The molecule has 1 N–H and O–H groups in total. The van der Waals surface area contributed by atoms with Crippen LogP contribution < -0.4 is 4.74 Å². The van der Waals surface area contributed by atoms with Crippen molar-refractivity contribution in [2.75, 3.05) is 13.1 Å². The number of pyridine rings is 1. The van der Waals surface area contributed by atoms with Crippen molar-refractivity contribution < 1.29 is 13.9 Å². The molecule has 1 fully saturated rings. The molecular formula is C21H22FN3O2. The average Bonchev–Trinajstić information content (AvgIpc) is 3.13. The van der Waals surface area contributed by atoms with Crippen LogP contribution in [0.3, 0.4) is 0 Å². The molecule has 3 aromatic rings. The Hall–Kier alpha value is -2.89. The molecule has 140 valence electrons. The number of aromatic amines is 1. The summed E-state index contributed by atoms with van der Waals surface area (Å²) in [6, 6.07) is 9.87. The number of piperidine rings is 1. The number of H-pyrrole nitrogens is 1. The lowest BCUT2D eigenvalue weighted by Crippen LogP contribution is -2.44. The number of fused-ring (bicyclic) bond motifs is 1. The lowest BCUT2D eigenvalue weighted by atomic mass is 9.93. The number of halogens is 1. The maximum Gasteiger partial charge on any atom is 0.263 e. The zero-order valence-corrected chi connectivity index (χ0v) is 15.2. The summed E-state index contributed by atoms with van der Waals surface area (Å²) < 4.78 is 18.6. The van der Waals surface area contributed by atoms with Gasteiger partial charge in [-0.1, -0.05) is 0 Å². The maximum absolute atomic E-state index is 13.0. The molecule has 3 heterocycles. The van der Waals surface area contributed by atoms with Crippen LogP contribution in [0.1, 0.15) is 31.4 Å². The molecule has 0 bridgehead atoms. The van der Waals surface area contributed by atoms with Crippen LogP contribution in [0, 0.1) is 5.82 Å². The van der Waals surface area contributed by atoms with E-state index in [0.717, 1.165) is 23.7 Å². The molecule has 1 amide bonds. The van der Waals surface area contributed by atoms with Crippen molar-refractivity contribution in [3.63, 3.8) is 0 Å². The van der Waals surface area contributed by atoms with Crippen molar-refractivity contribution in [2.45, 2.75) is 31.8 Å². The predicted octanol–water partition coefficient (Wildman–Crippen LogP) is 3.88. The first kappa shape index (κ1) is 17.5. The highest BCUT2D eigenvalue weighted by atomic mass is 19.1. The number of amides is 1. The summed E-state index contributed by atoms with van der Waals surface area (Å²) in [5.41, 5.74) is 2.31. The molecule has 1 saturated heterocycles. The first-order valence-corrected chi connectivity index (χ1v) is 9.24. The third kappa shape index (κ3) is 3.79. The summed E-state index contributed by atoms with van der Waals surface area (Å²) in [6.07, 6.45) is 4.88. The van der Waals surface area contributed by atoms with Crippen molar-refractivity contribution in [3.05, 3.63) is 60.3 Å².